The van der Waals surface area contributed by atoms with Gasteiger partial charge in [0.2, 0.25) is 0 Å². The van der Waals surface area contributed by atoms with Crippen LogP contribution in [-0.2, 0) is 10.1 Å². The average Bonchev–Trinajstić information content (AvgIpc) is 2.36. The second kappa shape index (κ2) is 6.60. The second-order valence-corrected chi connectivity index (χ2v) is 5.81. The molecule has 0 saturated heterocycles. The third-order valence-electron chi connectivity index (χ3n) is 2.33. The first kappa shape index (κ1) is 16.3. The quantitative estimate of drug-likeness (QED) is 0.287. The van der Waals surface area contributed by atoms with E-state index in [1.54, 1.807) is 12.4 Å². The molecule has 7 nitrogen and oxygen atoms in total. The number of ether oxygens (including phenoxy) is 1. The van der Waals surface area contributed by atoms with Crippen LogP contribution >= 0.6 is 11.8 Å². The molecule has 1 aromatic carbocycles. The largest absolute Gasteiger partial charge is 0.494 e. The Hall–Kier alpha value is -1.76. The zero-order valence-corrected chi connectivity index (χ0v) is 12.7. The molecule has 1 rings (SSSR count). The Morgan fingerprint density at radius 3 is 2.65 bits per heavy atom. The van der Waals surface area contributed by atoms with Gasteiger partial charge in [0.15, 0.2) is 11.4 Å². The topological polar surface area (TPSA) is 112 Å². The summed E-state index contributed by atoms with van der Waals surface area (Å²) in [7, 11) is -2.97. The van der Waals surface area contributed by atoms with Crippen LogP contribution in [0.25, 0.3) is 0 Å². The molecular formula is C11H13N3O4S2. The van der Waals surface area contributed by atoms with Gasteiger partial charge < -0.3 is 4.74 Å². The van der Waals surface area contributed by atoms with E-state index in [1.165, 1.54) is 37.9 Å². The highest BCUT2D eigenvalue weighted by atomic mass is 32.2. The summed E-state index contributed by atoms with van der Waals surface area (Å²) in [5, 5.41) is 11.3. The van der Waals surface area contributed by atoms with E-state index in [9.17, 15) is 8.42 Å². The number of aryl methyl sites for hydroxylation is 1. The van der Waals surface area contributed by atoms with Gasteiger partial charge in [0.25, 0.3) is 10.1 Å². The van der Waals surface area contributed by atoms with E-state index in [2.05, 4.69) is 10.3 Å². The lowest BCUT2D eigenvalue weighted by Gasteiger charge is -2.10. The molecule has 2 N–H and O–H groups in total. The number of rotatable bonds is 3. The number of hydrogen-bond acceptors (Lipinski definition) is 6. The maximum atomic E-state index is 11.2. The van der Waals surface area contributed by atoms with Gasteiger partial charge in [-0.05, 0) is 24.8 Å². The van der Waals surface area contributed by atoms with Crippen LogP contribution in [0.3, 0.4) is 0 Å². The van der Waals surface area contributed by atoms with Crippen LogP contribution in [0.4, 0.5) is 5.69 Å². The van der Waals surface area contributed by atoms with E-state index in [4.69, 9.17) is 14.6 Å². The van der Waals surface area contributed by atoms with E-state index in [-0.39, 0.29) is 10.6 Å². The maximum absolute atomic E-state index is 11.2. The Balaban J connectivity index is 3.44. The van der Waals surface area contributed by atoms with Crippen LogP contribution in [0.15, 0.2) is 22.0 Å². The monoisotopic (exact) mass is 315 g/mol. The standard InChI is InChI=1S/C11H13N3O4S2/c1-7-4-8(14-11(19-3)13-6-12)9(18-2)5-10(7)20(15,16)17/h4-5H,1-3H3,(H,13,14)(H,15,16,17). The van der Waals surface area contributed by atoms with Crippen molar-refractivity contribution in [1.82, 2.24) is 5.32 Å². The minimum absolute atomic E-state index is 0.175. The van der Waals surface area contributed by atoms with Gasteiger partial charge in [0.1, 0.15) is 16.3 Å². The molecule has 0 fully saturated rings. The van der Waals surface area contributed by atoms with E-state index >= 15 is 0 Å². The van der Waals surface area contributed by atoms with Crippen LogP contribution in [0.2, 0.25) is 0 Å². The van der Waals surface area contributed by atoms with Gasteiger partial charge in [-0.2, -0.15) is 13.7 Å². The Morgan fingerprint density at radius 1 is 1.55 bits per heavy atom. The third-order valence-corrected chi connectivity index (χ3v) is 3.91. The molecule has 0 aliphatic rings. The number of nitrogens with one attached hydrogen (secondary N) is 1. The number of amidine groups is 1. The number of methoxy groups -OCH3 is 1. The van der Waals surface area contributed by atoms with Gasteiger partial charge >= 0.3 is 0 Å². The summed E-state index contributed by atoms with van der Waals surface area (Å²) in [4.78, 5) is 3.92. The lowest BCUT2D eigenvalue weighted by molar-refractivity contribution is 0.413. The van der Waals surface area contributed by atoms with Crippen molar-refractivity contribution in [1.29, 1.82) is 5.26 Å². The van der Waals surface area contributed by atoms with Crippen molar-refractivity contribution in [2.45, 2.75) is 11.8 Å². The van der Waals surface area contributed by atoms with Crippen molar-refractivity contribution in [2.75, 3.05) is 13.4 Å². The highest BCUT2D eigenvalue weighted by Crippen LogP contribution is 2.33. The first-order chi connectivity index (χ1) is 9.33. The van der Waals surface area contributed by atoms with Crippen LogP contribution in [0.1, 0.15) is 5.56 Å². The van der Waals surface area contributed by atoms with Gasteiger partial charge in [0.05, 0.1) is 7.11 Å². The number of benzene rings is 1. The fraction of sp³-hybridized carbons (Fsp3) is 0.273. The summed E-state index contributed by atoms with van der Waals surface area (Å²) < 4.78 is 36.6. The molecule has 0 bridgehead atoms. The number of thioether (sulfide) groups is 1. The predicted octanol–water partition coefficient (Wildman–Crippen LogP) is 1.67. The second-order valence-electron chi connectivity index (χ2n) is 3.62. The van der Waals surface area contributed by atoms with Crippen molar-refractivity contribution < 1.29 is 17.7 Å². The highest BCUT2D eigenvalue weighted by molar-refractivity contribution is 8.13. The third kappa shape index (κ3) is 3.86. The molecule has 0 unspecified atom stereocenters. The fourth-order valence-corrected chi connectivity index (χ4v) is 2.52. The zero-order chi connectivity index (χ0) is 15.3. The maximum Gasteiger partial charge on any atom is 0.294 e. The first-order valence-corrected chi connectivity index (χ1v) is 7.94. The minimum Gasteiger partial charge on any atom is -0.494 e. The zero-order valence-electron chi connectivity index (χ0n) is 11.0. The molecule has 0 aliphatic carbocycles. The Kier molecular flexibility index (Phi) is 5.38. The average molecular weight is 315 g/mol. The molecule has 0 aromatic heterocycles. The molecule has 108 valence electrons. The Bertz CT molecular complexity index is 678. The molecule has 0 radical (unpaired) electrons. The van der Waals surface area contributed by atoms with Crippen LogP contribution < -0.4 is 10.1 Å². The summed E-state index contributed by atoms with van der Waals surface area (Å²) in [6.07, 6.45) is 3.48. The molecule has 0 saturated carbocycles. The molecule has 0 spiro atoms. The van der Waals surface area contributed by atoms with Crippen LogP contribution in [-0.4, -0.2) is 31.5 Å². The number of hydrogen-bond donors (Lipinski definition) is 2. The summed E-state index contributed by atoms with van der Waals surface area (Å²) in [5.74, 6) is 0.175. The van der Waals surface area contributed by atoms with Crippen molar-refractivity contribution in [3.8, 4) is 11.9 Å². The van der Waals surface area contributed by atoms with Gasteiger partial charge in [-0.3, -0.25) is 9.87 Å². The van der Waals surface area contributed by atoms with Crippen LogP contribution in [0, 0.1) is 18.4 Å². The highest BCUT2D eigenvalue weighted by Gasteiger charge is 2.17. The lowest BCUT2D eigenvalue weighted by atomic mass is 10.2. The molecule has 0 atom stereocenters. The van der Waals surface area contributed by atoms with Crippen molar-refractivity contribution in [2.24, 2.45) is 4.99 Å². The predicted molar refractivity (Wildman–Crippen MR) is 76.9 cm³/mol. The first-order valence-electron chi connectivity index (χ1n) is 5.27. The Morgan fingerprint density at radius 2 is 2.20 bits per heavy atom. The summed E-state index contributed by atoms with van der Waals surface area (Å²) in [5.41, 5.74) is 0.675. The number of aliphatic imine (C=N–C) groups is 1. The molecule has 1 aromatic rings. The van der Waals surface area contributed by atoms with Gasteiger partial charge in [-0.25, -0.2) is 4.99 Å². The molecular weight excluding hydrogens is 302 g/mol. The SMILES string of the molecule is COc1cc(S(=O)(=O)O)c(C)cc1N=C(NC#N)SC. The van der Waals surface area contributed by atoms with E-state index in [0.29, 0.717) is 16.4 Å². The number of nitrogens with zero attached hydrogens (tertiary/aromatic N) is 2. The van der Waals surface area contributed by atoms with E-state index < -0.39 is 10.1 Å². The summed E-state index contributed by atoms with van der Waals surface area (Å²) in [6, 6.07) is 2.64. The van der Waals surface area contributed by atoms with E-state index in [0.717, 1.165) is 0 Å². The summed E-state index contributed by atoms with van der Waals surface area (Å²) >= 11 is 1.22. The van der Waals surface area contributed by atoms with E-state index in [1.807, 2.05) is 0 Å². The van der Waals surface area contributed by atoms with Gasteiger partial charge in [-0.1, -0.05) is 11.8 Å². The van der Waals surface area contributed by atoms with Crippen molar-refractivity contribution >= 4 is 32.7 Å². The Labute approximate surface area is 121 Å². The van der Waals surface area contributed by atoms with Crippen LogP contribution in [0.5, 0.6) is 5.75 Å². The van der Waals surface area contributed by atoms with Crippen molar-refractivity contribution in [3.63, 3.8) is 0 Å². The van der Waals surface area contributed by atoms with Crippen molar-refractivity contribution in [3.05, 3.63) is 17.7 Å². The smallest absolute Gasteiger partial charge is 0.294 e. The molecule has 9 heteroatoms. The molecule has 0 aliphatic heterocycles. The molecule has 0 amide bonds. The fourth-order valence-electron chi connectivity index (χ4n) is 1.46. The molecule has 20 heavy (non-hydrogen) atoms. The minimum atomic E-state index is -4.33. The van der Waals surface area contributed by atoms with Gasteiger partial charge in [0, 0.05) is 6.07 Å². The lowest BCUT2D eigenvalue weighted by Crippen LogP contribution is -2.12. The summed E-state index contributed by atoms with van der Waals surface area (Å²) in [6.45, 7) is 1.53. The number of nitriles is 1. The molecule has 0 heterocycles. The van der Waals surface area contributed by atoms with Gasteiger partial charge in [-0.15, -0.1) is 0 Å². The normalized spacial score (nSPS) is 11.8.